The maximum Gasteiger partial charge on any atom is 0.246 e. The second-order valence-electron chi connectivity index (χ2n) is 9.84. The summed E-state index contributed by atoms with van der Waals surface area (Å²) in [5, 5.41) is 8.46. The van der Waals surface area contributed by atoms with Crippen molar-refractivity contribution in [2.24, 2.45) is 5.92 Å². The molecule has 3 atom stereocenters. The van der Waals surface area contributed by atoms with Gasteiger partial charge in [-0.15, -0.1) is 11.3 Å². The number of aromatic nitrogens is 1. The highest BCUT2D eigenvalue weighted by Crippen LogP contribution is 2.35. The van der Waals surface area contributed by atoms with E-state index < -0.39 is 11.9 Å². The zero-order valence-corrected chi connectivity index (χ0v) is 21.8. The topological polar surface area (TPSA) is 91.4 Å². The van der Waals surface area contributed by atoms with Gasteiger partial charge in [-0.2, -0.15) is 0 Å². The molecule has 2 N–H and O–H groups in total. The molecule has 0 bridgehead atoms. The SMILES string of the molecule is CN[C@@H](C)C(=O)N[C@H](C(=O)N1CCCC[C@@H]1c1nc(C(=O)c2ccc(F)cc2)cs1)C1CCCCC1. The average molecular weight is 515 g/mol. The number of piperidine rings is 1. The first-order valence-corrected chi connectivity index (χ1v) is 13.8. The molecular formula is C27H35FN4O3S. The molecule has 1 aliphatic carbocycles. The van der Waals surface area contributed by atoms with E-state index in [0.717, 1.165) is 56.4 Å². The highest BCUT2D eigenvalue weighted by Gasteiger charge is 2.39. The van der Waals surface area contributed by atoms with Gasteiger partial charge < -0.3 is 15.5 Å². The fraction of sp³-hybridized carbons (Fsp3) is 0.556. The number of amides is 2. The Morgan fingerprint density at radius 1 is 1.06 bits per heavy atom. The Bertz CT molecular complexity index is 1070. The van der Waals surface area contributed by atoms with Gasteiger partial charge in [0.1, 0.15) is 22.6 Å². The average Bonchev–Trinajstić information content (AvgIpc) is 3.41. The third-order valence-electron chi connectivity index (χ3n) is 7.44. The lowest BCUT2D eigenvalue weighted by molar-refractivity contribution is -0.142. The van der Waals surface area contributed by atoms with Crippen LogP contribution in [-0.4, -0.2) is 53.2 Å². The molecule has 1 aromatic heterocycles. The molecule has 2 fully saturated rings. The minimum Gasteiger partial charge on any atom is -0.343 e. The minimum atomic E-state index is -0.561. The Kier molecular flexibility index (Phi) is 8.85. The first kappa shape index (κ1) is 26.4. The zero-order chi connectivity index (χ0) is 25.7. The summed E-state index contributed by atoms with van der Waals surface area (Å²) in [7, 11) is 1.73. The number of nitrogens with zero attached hydrogens (tertiary/aromatic N) is 2. The summed E-state index contributed by atoms with van der Waals surface area (Å²) in [6.07, 6.45) is 7.77. The molecule has 0 unspecified atom stereocenters. The second-order valence-corrected chi connectivity index (χ2v) is 10.7. The highest BCUT2D eigenvalue weighted by atomic mass is 32.1. The zero-order valence-electron chi connectivity index (χ0n) is 21.0. The summed E-state index contributed by atoms with van der Waals surface area (Å²) in [6, 6.07) is 4.26. The molecule has 4 rings (SSSR count). The van der Waals surface area contributed by atoms with Crippen molar-refractivity contribution in [1.29, 1.82) is 0 Å². The van der Waals surface area contributed by atoms with Crippen molar-refractivity contribution >= 4 is 28.9 Å². The van der Waals surface area contributed by atoms with Gasteiger partial charge in [0.15, 0.2) is 0 Å². The maximum absolute atomic E-state index is 14.0. The van der Waals surface area contributed by atoms with E-state index in [2.05, 4.69) is 15.6 Å². The van der Waals surface area contributed by atoms with Crippen LogP contribution in [0, 0.1) is 11.7 Å². The predicted molar refractivity (Wildman–Crippen MR) is 137 cm³/mol. The van der Waals surface area contributed by atoms with Gasteiger partial charge in [-0.05, 0) is 76.3 Å². The molecule has 2 heterocycles. The molecule has 1 aliphatic heterocycles. The van der Waals surface area contributed by atoms with Crippen molar-refractivity contribution in [2.75, 3.05) is 13.6 Å². The smallest absolute Gasteiger partial charge is 0.246 e. The molecule has 2 amide bonds. The van der Waals surface area contributed by atoms with Crippen molar-refractivity contribution in [2.45, 2.75) is 76.4 Å². The standard InChI is InChI=1S/C27H35FN4O3S/c1-17(29-2)25(34)31-23(18-8-4-3-5-9-18)27(35)32-15-7-6-10-22(32)26-30-21(16-36-26)24(33)19-11-13-20(28)14-12-19/h11-14,16-18,22-23,29H,3-10,15H2,1-2H3,(H,31,34)/t17-,22+,23-/m0/s1. The van der Waals surface area contributed by atoms with Crippen LogP contribution in [-0.2, 0) is 9.59 Å². The number of nitrogens with one attached hydrogen (secondary N) is 2. The van der Waals surface area contributed by atoms with E-state index in [4.69, 9.17) is 0 Å². The molecule has 36 heavy (non-hydrogen) atoms. The molecule has 0 radical (unpaired) electrons. The third-order valence-corrected chi connectivity index (χ3v) is 8.39. The van der Waals surface area contributed by atoms with Crippen molar-refractivity contribution in [3.05, 3.63) is 51.7 Å². The Hall–Kier alpha value is -2.65. The van der Waals surface area contributed by atoms with Crippen LogP contribution < -0.4 is 10.6 Å². The van der Waals surface area contributed by atoms with Crippen LogP contribution in [0.15, 0.2) is 29.6 Å². The van der Waals surface area contributed by atoms with Crippen LogP contribution in [0.1, 0.15) is 85.4 Å². The number of hydrogen-bond donors (Lipinski definition) is 2. The van der Waals surface area contributed by atoms with E-state index in [-0.39, 0.29) is 35.6 Å². The lowest BCUT2D eigenvalue weighted by Gasteiger charge is -2.39. The monoisotopic (exact) mass is 514 g/mol. The second kappa shape index (κ2) is 12.1. The molecule has 0 spiro atoms. The van der Waals surface area contributed by atoms with Crippen LogP contribution in [0.5, 0.6) is 0 Å². The number of carbonyl (C=O) groups is 3. The van der Waals surface area contributed by atoms with Gasteiger partial charge in [-0.3, -0.25) is 14.4 Å². The number of carbonyl (C=O) groups excluding carboxylic acids is 3. The van der Waals surface area contributed by atoms with Gasteiger partial charge in [0, 0.05) is 17.5 Å². The van der Waals surface area contributed by atoms with Crippen molar-refractivity contribution < 1.29 is 18.8 Å². The number of likely N-dealkylation sites (tertiary alicyclic amines) is 1. The van der Waals surface area contributed by atoms with E-state index in [0.29, 0.717) is 17.8 Å². The highest BCUT2D eigenvalue weighted by molar-refractivity contribution is 7.10. The Labute approximate surface area is 215 Å². The van der Waals surface area contributed by atoms with E-state index in [1.54, 1.807) is 19.4 Å². The van der Waals surface area contributed by atoms with Crippen LogP contribution in [0.2, 0.25) is 0 Å². The summed E-state index contributed by atoms with van der Waals surface area (Å²) in [5.41, 5.74) is 0.683. The summed E-state index contributed by atoms with van der Waals surface area (Å²) < 4.78 is 13.3. The number of thiazole rings is 1. The van der Waals surface area contributed by atoms with E-state index in [9.17, 15) is 18.8 Å². The van der Waals surface area contributed by atoms with Crippen molar-refractivity contribution in [3.63, 3.8) is 0 Å². The maximum atomic E-state index is 14.0. The van der Waals surface area contributed by atoms with Gasteiger partial charge >= 0.3 is 0 Å². The first-order chi connectivity index (χ1) is 17.4. The fourth-order valence-electron chi connectivity index (χ4n) is 5.18. The summed E-state index contributed by atoms with van der Waals surface area (Å²) >= 11 is 1.38. The van der Waals surface area contributed by atoms with Gasteiger partial charge in [-0.1, -0.05) is 19.3 Å². The third kappa shape index (κ3) is 6.00. The largest absolute Gasteiger partial charge is 0.343 e. The van der Waals surface area contributed by atoms with E-state index >= 15 is 0 Å². The number of likely N-dealkylation sites (N-methyl/N-ethyl adjacent to an activating group) is 1. The van der Waals surface area contributed by atoms with Crippen LogP contribution >= 0.6 is 11.3 Å². The van der Waals surface area contributed by atoms with Crippen LogP contribution in [0.4, 0.5) is 4.39 Å². The molecule has 9 heteroatoms. The van der Waals surface area contributed by atoms with Crippen molar-refractivity contribution in [1.82, 2.24) is 20.5 Å². The van der Waals surface area contributed by atoms with E-state index in [1.165, 1.54) is 35.6 Å². The number of ketones is 1. The summed E-state index contributed by atoms with van der Waals surface area (Å²) in [4.78, 5) is 46.2. The predicted octanol–water partition coefficient (Wildman–Crippen LogP) is 4.24. The Morgan fingerprint density at radius 2 is 1.75 bits per heavy atom. The number of halogens is 1. The van der Waals surface area contributed by atoms with Crippen molar-refractivity contribution in [3.8, 4) is 0 Å². The van der Waals surface area contributed by atoms with Gasteiger partial charge in [0.2, 0.25) is 17.6 Å². The quantitative estimate of drug-likeness (QED) is 0.514. The molecular weight excluding hydrogens is 479 g/mol. The van der Waals surface area contributed by atoms with E-state index in [1.807, 2.05) is 4.90 Å². The number of benzene rings is 1. The molecule has 1 saturated heterocycles. The molecule has 7 nitrogen and oxygen atoms in total. The lowest BCUT2D eigenvalue weighted by Crippen LogP contribution is -2.56. The molecule has 2 aliphatic rings. The van der Waals surface area contributed by atoms with Crippen LogP contribution in [0.3, 0.4) is 0 Å². The lowest BCUT2D eigenvalue weighted by atomic mass is 9.82. The molecule has 1 aromatic carbocycles. The van der Waals surface area contributed by atoms with Crippen LogP contribution in [0.25, 0.3) is 0 Å². The molecule has 2 aromatic rings. The molecule has 1 saturated carbocycles. The fourth-order valence-corrected chi connectivity index (χ4v) is 6.13. The minimum absolute atomic E-state index is 0.0511. The number of rotatable bonds is 8. The normalized spacial score (nSPS) is 20.5. The van der Waals surface area contributed by atoms with Gasteiger partial charge in [0.25, 0.3) is 0 Å². The molecule has 194 valence electrons. The van der Waals surface area contributed by atoms with Gasteiger partial charge in [0.05, 0.1) is 12.1 Å². The number of hydrogen-bond acceptors (Lipinski definition) is 6. The Morgan fingerprint density at radius 3 is 2.44 bits per heavy atom. The summed E-state index contributed by atoms with van der Waals surface area (Å²) in [6.45, 7) is 2.39. The Balaban J connectivity index is 1.56. The first-order valence-electron chi connectivity index (χ1n) is 12.9. The van der Waals surface area contributed by atoms with Gasteiger partial charge in [-0.25, -0.2) is 9.37 Å². The summed E-state index contributed by atoms with van der Waals surface area (Å²) in [5.74, 6) is -0.764.